The summed E-state index contributed by atoms with van der Waals surface area (Å²) in [4.78, 5) is 28.2. The number of pyridine rings is 1. The van der Waals surface area contributed by atoms with Crippen LogP contribution < -0.4 is 16.8 Å². The van der Waals surface area contributed by atoms with E-state index in [-0.39, 0.29) is 12.0 Å². The fourth-order valence-corrected chi connectivity index (χ4v) is 4.41. The molecule has 4 aromatic rings. The maximum absolute atomic E-state index is 12.1. The van der Waals surface area contributed by atoms with E-state index in [2.05, 4.69) is 25.3 Å². The second-order valence-corrected chi connectivity index (χ2v) is 9.45. The maximum Gasteiger partial charge on any atom is 0.252 e. The van der Waals surface area contributed by atoms with Crippen LogP contribution in [0.2, 0.25) is 0 Å². The lowest BCUT2D eigenvalue weighted by atomic mass is 9.95. The van der Waals surface area contributed by atoms with Gasteiger partial charge in [0.15, 0.2) is 0 Å². The largest absolute Gasteiger partial charge is 0.390 e. The van der Waals surface area contributed by atoms with E-state index in [0.29, 0.717) is 29.2 Å². The first kappa shape index (κ1) is 21.1. The van der Waals surface area contributed by atoms with Gasteiger partial charge in [0, 0.05) is 41.1 Å². The van der Waals surface area contributed by atoms with Crippen molar-refractivity contribution in [2.45, 2.75) is 44.8 Å². The minimum Gasteiger partial charge on any atom is -0.390 e. The zero-order valence-electron chi connectivity index (χ0n) is 18.6. The van der Waals surface area contributed by atoms with Gasteiger partial charge in [0.1, 0.15) is 5.82 Å². The predicted octanol–water partition coefficient (Wildman–Crippen LogP) is 3.21. The molecule has 1 unspecified atom stereocenters. The Bertz CT molecular complexity index is 1350. The Morgan fingerprint density at radius 1 is 1.21 bits per heavy atom. The van der Waals surface area contributed by atoms with Gasteiger partial charge in [-0.25, -0.2) is 15.0 Å². The molecular weight excluding hydrogens is 418 g/mol. The molecule has 9 heteroatoms. The molecule has 0 bridgehead atoms. The van der Waals surface area contributed by atoms with E-state index in [4.69, 9.17) is 11.5 Å². The van der Waals surface area contributed by atoms with E-state index in [1.54, 1.807) is 12.4 Å². The monoisotopic (exact) mass is 445 g/mol. The maximum atomic E-state index is 12.1. The Hall–Kier alpha value is -3.72. The second-order valence-electron chi connectivity index (χ2n) is 9.45. The van der Waals surface area contributed by atoms with Crippen LogP contribution in [0.15, 0.2) is 36.8 Å². The molecule has 1 amide bonds. The first-order valence-electron chi connectivity index (χ1n) is 11.0. The summed E-state index contributed by atoms with van der Waals surface area (Å²) in [6, 6.07) is 6.02. The summed E-state index contributed by atoms with van der Waals surface area (Å²) in [6.07, 6.45) is 7.69. The molecule has 3 heterocycles. The summed E-state index contributed by atoms with van der Waals surface area (Å²) < 4.78 is 0. The molecule has 9 nitrogen and oxygen atoms in total. The standard InChI is InChI=1S/C24H27N7O2/c1-24(2,33)8-18(12-3-4-12)31-22-19-15-6-5-13(14-9-28-23(26)29-10-14)7-17(15)30-20(19)16(11-27-22)21(25)32/h5-7,9-12,18,30,33H,3-4,8H2,1-2H3,(H2,25,32)(H,27,31)(H2,26,28,29). The van der Waals surface area contributed by atoms with Crippen molar-refractivity contribution in [3.8, 4) is 11.1 Å². The number of nitrogens with zero attached hydrogens (tertiary/aromatic N) is 3. The predicted molar refractivity (Wildman–Crippen MR) is 129 cm³/mol. The summed E-state index contributed by atoms with van der Waals surface area (Å²) >= 11 is 0. The van der Waals surface area contributed by atoms with Gasteiger partial charge in [-0.3, -0.25) is 4.79 Å². The number of aliphatic hydroxyl groups is 1. The molecule has 1 aliphatic carbocycles. The molecule has 7 N–H and O–H groups in total. The minimum absolute atomic E-state index is 0.0799. The fourth-order valence-electron chi connectivity index (χ4n) is 4.41. The summed E-state index contributed by atoms with van der Waals surface area (Å²) in [6.45, 7) is 3.63. The van der Waals surface area contributed by atoms with Crippen LogP contribution in [0.5, 0.6) is 0 Å². The number of aromatic amines is 1. The molecule has 33 heavy (non-hydrogen) atoms. The Morgan fingerprint density at radius 2 is 1.94 bits per heavy atom. The smallest absolute Gasteiger partial charge is 0.252 e. The van der Waals surface area contributed by atoms with Crippen molar-refractivity contribution in [1.29, 1.82) is 0 Å². The van der Waals surface area contributed by atoms with Gasteiger partial charge in [-0.1, -0.05) is 12.1 Å². The third-order valence-corrected chi connectivity index (χ3v) is 6.13. The highest BCUT2D eigenvalue weighted by Crippen LogP contribution is 2.40. The summed E-state index contributed by atoms with van der Waals surface area (Å²) in [7, 11) is 0. The van der Waals surface area contributed by atoms with Crippen molar-refractivity contribution in [2.24, 2.45) is 11.7 Å². The number of nitrogens with one attached hydrogen (secondary N) is 2. The Balaban J connectivity index is 1.64. The molecule has 1 saturated carbocycles. The van der Waals surface area contributed by atoms with Gasteiger partial charge < -0.3 is 26.9 Å². The quantitative estimate of drug-likeness (QED) is 0.292. The number of nitrogen functional groups attached to an aromatic ring is 1. The van der Waals surface area contributed by atoms with E-state index < -0.39 is 11.5 Å². The lowest BCUT2D eigenvalue weighted by molar-refractivity contribution is 0.0635. The SMILES string of the molecule is CC(C)(O)CC(Nc1ncc(C(N)=O)c2[nH]c3cc(-c4cnc(N)nc4)ccc3c12)C1CC1. The van der Waals surface area contributed by atoms with Gasteiger partial charge in [0.05, 0.1) is 22.1 Å². The molecule has 170 valence electrons. The number of anilines is 2. The molecule has 0 radical (unpaired) electrons. The third kappa shape index (κ3) is 4.19. The van der Waals surface area contributed by atoms with E-state index in [1.165, 1.54) is 6.20 Å². The lowest BCUT2D eigenvalue weighted by Gasteiger charge is -2.26. The zero-order chi connectivity index (χ0) is 23.3. The van der Waals surface area contributed by atoms with Crippen molar-refractivity contribution in [1.82, 2.24) is 19.9 Å². The number of carbonyl (C=O) groups excluding carboxylic acids is 1. The van der Waals surface area contributed by atoms with Crippen molar-refractivity contribution in [3.63, 3.8) is 0 Å². The first-order chi connectivity index (χ1) is 15.7. The topological polar surface area (TPSA) is 156 Å². The number of aromatic nitrogens is 4. The van der Waals surface area contributed by atoms with Gasteiger partial charge in [-0.05, 0) is 50.7 Å². The summed E-state index contributed by atoms with van der Waals surface area (Å²) in [5.74, 6) is 0.833. The number of hydrogen-bond donors (Lipinski definition) is 5. The average molecular weight is 446 g/mol. The number of rotatable bonds is 7. The van der Waals surface area contributed by atoms with Crippen LogP contribution in [-0.2, 0) is 0 Å². The van der Waals surface area contributed by atoms with E-state index >= 15 is 0 Å². The normalized spacial score (nSPS) is 15.1. The Morgan fingerprint density at radius 3 is 2.58 bits per heavy atom. The van der Waals surface area contributed by atoms with Crippen molar-refractivity contribution >= 4 is 39.5 Å². The van der Waals surface area contributed by atoms with Crippen LogP contribution >= 0.6 is 0 Å². The molecule has 5 rings (SSSR count). The molecule has 3 aromatic heterocycles. The number of carbonyl (C=O) groups is 1. The van der Waals surface area contributed by atoms with E-state index in [9.17, 15) is 9.90 Å². The Kier molecular flexibility index (Phi) is 4.93. The van der Waals surface area contributed by atoms with Crippen LogP contribution in [0, 0.1) is 5.92 Å². The van der Waals surface area contributed by atoms with Crippen LogP contribution in [-0.4, -0.2) is 42.6 Å². The summed E-state index contributed by atoms with van der Waals surface area (Å²) in [5.41, 5.74) is 14.0. The average Bonchev–Trinajstić information content (AvgIpc) is 3.52. The molecule has 0 spiro atoms. The van der Waals surface area contributed by atoms with E-state index in [0.717, 1.165) is 40.3 Å². The van der Waals surface area contributed by atoms with Gasteiger partial charge in [-0.15, -0.1) is 0 Å². The van der Waals surface area contributed by atoms with Crippen molar-refractivity contribution < 1.29 is 9.90 Å². The van der Waals surface area contributed by atoms with Crippen molar-refractivity contribution in [2.75, 3.05) is 11.1 Å². The van der Waals surface area contributed by atoms with Crippen LogP contribution in [0.4, 0.5) is 11.8 Å². The Labute approximate surface area is 190 Å². The van der Waals surface area contributed by atoms with Crippen LogP contribution in [0.3, 0.4) is 0 Å². The highest BCUT2D eigenvalue weighted by Gasteiger charge is 2.35. The second kappa shape index (κ2) is 7.70. The van der Waals surface area contributed by atoms with Crippen molar-refractivity contribution in [3.05, 3.63) is 42.4 Å². The van der Waals surface area contributed by atoms with E-state index in [1.807, 2.05) is 32.0 Å². The number of primary amides is 1. The first-order valence-corrected chi connectivity index (χ1v) is 11.0. The highest BCUT2D eigenvalue weighted by atomic mass is 16.3. The number of benzene rings is 1. The van der Waals surface area contributed by atoms with Crippen LogP contribution in [0.1, 0.15) is 43.5 Å². The molecular formula is C24H27N7O2. The minimum atomic E-state index is -0.803. The molecule has 1 aliphatic rings. The van der Waals surface area contributed by atoms with Gasteiger partial charge in [0.25, 0.3) is 5.91 Å². The molecule has 0 saturated heterocycles. The van der Waals surface area contributed by atoms with Gasteiger partial charge in [0.2, 0.25) is 5.95 Å². The number of amides is 1. The zero-order valence-corrected chi connectivity index (χ0v) is 18.6. The highest BCUT2D eigenvalue weighted by molar-refractivity contribution is 6.18. The van der Waals surface area contributed by atoms with Gasteiger partial charge in [-0.2, -0.15) is 0 Å². The fraction of sp³-hybridized carbons (Fsp3) is 0.333. The number of hydrogen-bond acceptors (Lipinski definition) is 7. The van der Waals surface area contributed by atoms with Gasteiger partial charge >= 0.3 is 0 Å². The lowest BCUT2D eigenvalue weighted by Crippen LogP contribution is -2.33. The molecule has 1 aromatic carbocycles. The number of fused-ring (bicyclic) bond motifs is 3. The number of nitrogens with two attached hydrogens (primary N) is 2. The van der Waals surface area contributed by atoms with Crippen LogP contribution in [0.25, 0.3) is 32.9 Å². The number of H-pyrrole nitrogens is 1. The molecule has 1 fully saturated rings. The third-order valence-electron chi connectivity index (χ3n) is 6.13. The summed E-state index contributed by atoms with van der Waals surface area (Å²) in [5, 5.41) is 15.7. The molecule has 0 aliphatic heterocycles. The molecule has 1 atom stereocenters.